The topological polar surface area (TPSA) is 34.1 Å². The van der Waals surface area contributed by atoms with E-state index >= 15 is 0 Å². The summed E-state index contributed by atoms with van der Waals surface area (Å²) in [6.45, 7) is 0. The van der Waals surface area contributed by atoms with Gasteiger partial charge in [-0.05, 0) is 21.7 Å². The third-order valence-electron chi connectivity index (χ3n) is 2.01. The Balaban J connectivity index is 2.61. The molecule has 0 bridgehead atoms. The fourth-order valence-electron chi connectivity index (χ4n) is 1.35. The van der Waals surface area contributed by atoms with Crippen LogP contribution in [0.5, 0.6) is 0 Å². The molecule has 2 rings (SSSR count). The van der Waals surface area contributed by atoms with E-state index in [4.69, 9.17) is 10.7 Å². The van der Waals surface area contributed by atoms with Gasteiger partial charge >= 0.3 is 0 Å². The third kappa shape index (κ3) is 1.38. The molecule has 0 saturated heterocycles. The number of carbonyl (C=O) groups excluding carboxylic acids is 2. The average Bonchev–Trinajstić information content (AvgIpc) is 2.23. The molecule has 1 aliphatic rings. The van der Waals surface area contributed by atoms with Gasteiger partial charge in [-0.3, -0.25) is 9.59 Å². The standard InChI is InChI=1S/C10H5ClO2S/c11-14-9-5-8(12)6-3-1-2-4-7(6)10(9)13/h1-5H. The zero-order chi connectivity index (χ0) is 10.1. The number of fused-ring (bicyclic) bond motifs is 1. The van der Waals surface area contributed by atoms with Crippen LogP contribution in [0.2, 0.25) is 0 Å². The van der Waals surface area contributed by atoms with Crippen LogP contribution in [0.4, 0.5) is 0 Å². The molecule has 70 valence electrons. The third-order valence-corrected chi connectivity index (χ3v) is 2.97. The summed E-state index contributed by atoms with van der Waals surface area (Å²) in [6, 6.07) is 6.74. The second-order valence-electron chi connectivity index (χ2n) is 2.82. The van der Waals surface area contributed by atoms with Gasteiger partial charge in [-0.1, -0.05) is 24.3 Å². The first-order chi connectivity index (χ1) is 6.74. The molecule has 1 aliphatic carbocycles. The highest BCUT2D eigenvalue weighted by atomic mass is 35.7. The van der Waals surface area contributed by atoms with Gasteiger partial charge in [0.05, 0.1) is 4.91 Å². The van der Waals surface area contributed by atoms with Gasteiger partial charge in [-0.25, -0.2) is 0 Å². The fraction of sp³-hybridized carbons (Fsp3) is 0. The Morgan fingerprint density at radius 3 is 2.36 bits per heavy atom. The summed E-state index contributed by atoms with van der Waals surface area (Å²) in [4.78, 5) is 23.5. The lowest BCUT2D eigenvalue weighted by molar-refractivity contribution is 0.0991. The van der Waals surface area contributed by atoms with E-state index in [0.29, 0.717) is 11.1 Å². The lowest BCUT2D eigenvalue weighted by atomic mass is 9.95. The molecule has 0 saturated carbocycles. The molecule has 0 spiro atoms. The predicted octanol–water partition coefficient (Wildman–Crippen LogP) is 2.84. The van der Waals surface area contributed by atoms with Crippen molar-refractivity contribution >= 4 is 33.2 Å². The minimum Gasteiger partial charge on any atom is -0.289 e. The van der Waals surface area contributed by atoms with Gasteiger partial charge in [0.1, 0.15) is 0 Å². The van der Waals surface area contributed by atoms with Gasteiger partial charge in [0.25, 0.3) is 0 Å². The predicted molar refractivity (Wildman–Crippen MR) is 56.6 cm³/mol. The van der Waals surface area contributed by atoms with Crippen molar-refractivity contribution in [1.82, 2.24) is 0 Å². The van der Waals surface area contributed by atoms with Crippen molar-refractivity contribution in [2.45, 2.75) is 0 Å². The number of allylic oxidation sites excluding steroid dienone is 2. The maximum absolute atomic E-state index is 11.7. The Kier molecular flexibility index (Phi) is 2.44. The Bertz CT molecular complexity index is 451. The van der Waals surface area contributed by atoms with Gasteiger partial charge in [0.15, 0.2) is 5.78 Å². The van der Waals surface area contributed by atoms with Gasteiger partial charge in [-0.2, -0.15) is 0 Å². The molecular weight excluding hydrogens is 220 g/mol. The van der Waals surface area contributed by atoms with Crippen LogP contribution in [0.1, 0.15) is 20.7 Å². The van der Waals surface area contributed by atoms with Crippen LogP contribution in [0.15, 0.2) is 35.2 Å². The van der Waals surface area contributed by atoms with Gasteiger partial charge in [0, 0.05) is 17.2 Å². The van der Waals surface area contributed by atoms with E-state index < -0.39 is 0 Å². The van der Waals surface area contributed by atoms with Crippen LogP contribution >= 0.6 is 21.7 Å². The van der Waals surface area contributed by atoms with E-state index in [1.807, 2.05) is 0 Å². The number of halogens is 1. The molecule has 0 radical (unpaired) electrons. The summed E-state index contributed by atoms with van der Waals surface area (Å²) in [5, 5.41) is 0. The SMILES string of the molecule is O=C1C=C(SCl)C(=O)c2ccccc21. The van der Waals surface area contributed by atoms with Crippen molar-refractivity contribution in [1.29, 1.82) is 0 Å². The molecule has 0 heterocycles. The molecule has 0 atom stereocenters. The highest BCUT2D eigenvalue weighted by Crippen LogP contribution is 2.29. The molecule has 0 fully saturated rings. The zero-order valence-corrected chi connectivity index (χ0v) is 8.56. The molecule has 0 N–H and O–H groups in total. The normalized spacial score (nSPS) is 15.1. The van der Waals surface area contributed by atoms with E-state index in [1.165, 1.54) is 6.08 Å². The molecule has 1 aromatic rings. The summed E-state index contributed by atoms with van der Waals surface area (Å²) in [6.07, 6.45) is 1.28. The summed E-state index contributed by atoms with van der Waals surface area (Å²) in [7, 11) is 6.27. The van der Waals surface area contributed by atoms with Crippen LogP contribution in [0.25, 0.3) is 0 Å². The van der Waals surface area contributed by atoms with Crippen molar-refractivity contribution in [2.24, 2.45) is 0 Å². The summed E-state index contributed by atoms with van der Waals surface area (Å²) < 4.78 is 0. The number of ketones is 2. The van der Waals surface area contributed by atoms with Gasteiger partial charge in [0.2, 0.25) is 5.78 Å². The number of hydrogen-bond donors (Lipinski definition) is 0. The first-order valence-corrected chi connectivity index (χ1v) is 5.56. The second kappa shape index (κ2) is 3.59. The number of benzene rings is 1. The van der Waals surface area contributed by atoms with Crippen LogP contribution in [0, 0.1) is 0 Å². The monoisotopic (exact) mass is 224 g/mol. The highest BCUT2D eigenvalue weighted by Gasteiger charge is 2.24. The van der Waals surface area contributed by atoms with Crippen LogP contribution in [-0.4, -0.2) is 11.6 Å². The minimum absolute atomic E-state index is 0.164. The van der Waals surface area contributed by atoms with Crippen molar-refractivity contribution in [3.8, 4) is 0 Å². The Labute approximate surface area is 89.4 Å². The molecule has 4 heteroatoms. The number of hydrogen-bond acceptors (Lipinski definition) is 3. The molecule has 2 nitrogen and oxygen atoms in total. The number of rotatable bonds is 1. The zero-order valence-electron chi connectivity index (χ0n) is 6.99. The van der Waals surface area contributed by atoms with Crippen LogP contribution in [-0.2, 0) is 0 Å². The first kappa shape index (κ1) is 9.49. The maximum Gasteiger partial charge on any atom is 0.201 e. The van der Waals surface area contributed by atoms with E-state index in [9.17, 15) is 9.59 Å². The molecule has 1 aromatic carbocycles. The number of Topliss-reactive ketones (excluding diaryl/α,β-unsaturated/α-hetero) is 1. The Morgan fingerprint density at radius 1 is 1.07 bits per heavy atom. The van der Waals surface area contributed by atoms with E-state index in [-0.39, 0.29) is 16.5 Å². The van der Waals surface area contributed by atoms with Crippen LogP contribution < -0.4 is 0 Å². The van der Waals surface area contributed by atoms with E-state index in [0.717, 1.165) is 11.0 Å². The summed E-state index contributed by atoms with van der Waals surface area (Å²) in [5.74, 6) is -0.344. The lowest BCUT2D eigenvalue weighted by Gasteiger charge is -2.11. The summed E-state index contributed by atoms with van der Waals surface area (Å²) in [5.41, 5.74) is 0.884. The first-order valence-electron chi connectivity index (χ1n) is 3.92. The Morgan fingerprint density at radius 2 is 1.71 bits per heavy atom. The highest BCUT2D eigenvalue weighted by molar-refractivity contribution is 8.24. The molecule has 0 aromatic heterocycles. The van der Waals surface area contributed by atoms with Gasteiger partial charge < -0.3 is 0 Å². The van der Waals surface area contributed by atoms with Crippen LogP contribution in [0.3, 0.4) is 0 Å². The van der Waals surface area contributed by atoms with E-state index in [2.05, 4.69) is 0 Å². The van der Waals surface area contributed by atoms with Crippen molar-refractivity contribution in [2.75, 3.05) is 0 Å². The smallest absolute Gasteiger partial charge is 0.201 e. The fourth-order valence-corrected chi connectivity index (χ4v) is 2.02. The quantitative estimate of drug-likeness (QED) is 0.736. The Hall–Kier alpha value is -1.06. The molecular formula is C10H5ClO2S. The van der Waals surface area contributed by atoms with Crippen molar-refractivity contribution in [3.63, 3.8) is 0 Å². The molecule has 0 aliphatic heterocycles. The minimum atomic E-state index is -0.180. The molecule has 14 heavy (non-hydrogen) atoms. The molecule has 0 unspecified atom stereocenters. The molecule has 0 amide bonds. The number of carbonyl (C=O) groups is 2. The van der Waals surface area contributed by atoms with Crippen molar-refractivity contribution < 1.29 is 9.59 Å². The lowest BCUT2D eigenvalue weighted by Crippen LogP contribution is -2.14. The maximum atomic E-state index is 11.7. The van der Waals surface area contributed by atoms with E-state index in [1.54, 1.807) is 24.3 Å². The largest absolute Gasteiger partial charge is 0.289 e. The summed E-state index contributed by atoms with van der Waals surface area (Å²) >= 11 is 0. The second-order valence-corrected chi connectivity index (χ2v) is 3.88. The average molecular weight is 225 g/mol. The van der Waals surface area contributed by atoms with Gasteiger partial charge in [-0.15, -0.1) is 0 Å². The van der Waals surface area contributed by atoms with Crippen molar-refractivity contribution in [3.05, 3.63) is 46.4 Å².